The molecule has 15 heavy (non-hydrogen) atoms. The third-order valence-electron chi connectivity index (χ3n) is 2.29. The van der Waals surface area contributed by atoms with Crippen molar-refractivity contribution in [3.63, 3.8) is 0 Å². The SMILES string of the molecule is CSCCCOc1ccccc1C(C)C. The fraction of sp³-hybridized carbons (Fsp3) is 0.538. The van der Waals surface area contributed by atoms with Crippen molar-refractivity contribution in [3.05, 3.63) is 29.8 Å². The van der Waals surface area contributed by atoms with E-state index in [9.17, 15) is 0 Å². The number of rotatable bonds is 6. The molecule has 1 aromatic rings. The van der Waals surface area contributed by atoms with E-state index in [1.807, 2.05) is 17.8 Å². The fourth-order valence-corrected chi connectivity index (χ4v) is 1.88. The molecule has 2 heteroatoms. The van der Waals surface area contributed by atoms with Crippen LogP contribution in [0.3, 0.4) is 0 Å². The van der Waals surface area contributed by atoms with Crippen LogP contribution in [0.4, 0.5) is 0 Å². The van der Waals surface area contributed by atoms with Crippen LogP contribution < -0.4 is 4.74 Å². The van der Waals surface area contributed by atoms with Gasteiger partial charge in [-0.2, -0.15) is 11.8 Å². The maximum atomic E-state index is 5.79. The van der Waals surface area contributed by atoms with Crippen LogP contribution in [0, 0.1) is 0 Å². The Morgan fingerprint density at radius 2 is 2.00 bits per heavy atom. The van der Waals surface area contributed by atoms with E-state index < -0.39 is 0 Å². The minimum Gasteiger partial charge on any atom is -0.493 e. The van der Waals surface area contributed by atoms with Gasteiger partial charge in [0.2, 0.25) is 0 Å². The largest absolute Gasteiger partial charge is 0.493 e. The Morgan fingerprint density at radius 1 is 1.27 bits per heavy atom. The van der Waals surface area contributed by atoms with Gasteiger partial charge in [0.05, 0.1) is 6.61 Å². The molecule has 0 aromatic heterocycles. The highest BCUT2D eigenvalue weighted by Gasteiger charge is 2.05. The number of thioether (sulfide) groups is 1. The van der Waals surface area contributed by atoms with Gasteiger partial charge in [-0.25, -0.2) is 0 Å². The number of hydrogen-bond acceptors (Lipinski definition) is 2. The number of para-hydroxylation sites is 1. The summed E-state index contributed by atoms with van der Waals surface area (Å²) in [4.78, 5) is 0. The standard InChI is InChI=1S/C13H20OS/c1-11(2)12-7-4-5-8-13(12)14-9-6-10-15-3/h4-5,7-8,11H,6,9-10H2,1-3H3. The molecule has 0 N–H and O–H groups in total. The predicted molar refractivity (Wildman–Crippen MR) is 69.0 cm³/mol. The Hall–Kier alpha value is -0.630. The van der Waals surface area contributed by atoms with E-state index in [1.54, 1.807) is 0 Å². The molecule has 0 radical (unpaired) electrons. The van der Waals surface area contributed by atoms with Gasteiger partial charge in [0.25, 0.3) is 0 Å². The molecular formula is C13H20OS. The van der Waals surface area contributed by atoms with Crippen LogP contribution >= 0.6 is 11.8 Å². The lowest BCUT2D eigenvalue weighted by molar-refractivity contribution is 0.314. The molecule has 0 spiro atoms. The summed E-state index contributed by atoms with van der Waals surface area (Å²) in [6.45, 7) is 5.22. The predicted octanol–water partition coefficient (Wildman–Crippen LogP) is 3.94. The third kappa shape index (κ3) is 4.17. The molecular weight excluding hydrogens is 204 g/mol. The van der Waals surface area contributed by atoms with Gasteiger partial charge in [-0.1, -0.05) is 32.0 Å². The lowest BCUT2D eigenvalue weighted by Crippen LogP contribution is -2.01. The molecule has 0 bridgehead atoms. The lowest BCUT2D eigenvalue weighted by atomic mass is 10.0. The van der Waals surface area contributed by atoms with Gasteiger partial charge in [-0.15, -0.1) is 0 Å². The van der Waals surface area contributed by atoms with Crippen molar-refractivity contribution in [1.82, 2.24) is 0 Å². The van der Waals surface area contributed by atoms with Gasteiger partial charge in [-0.3, -0.25) is 0 Å². The third-order valence-corrected chi connectivity index (χ3v) is 2.99. The van der Waals surface area contributed by atoms with Crippen LogP contribution in [0.2, 0.25) is 0 Å². The zero-order valence-corrected chi connectivity index (χ0v) is 10.6. The Labute approximate surface area is 97.2 Å². The normalized spacial score (nSPS) is 10.7. The summed E-state index contributed by atoms with van der Waals surface area (Å²) in [6.07, 6.45) is 3.25. The minimum atomic E-state index is 0.529. The summed E-state index contributed by atoms with van der Waals surface area (Å²) in [5.41, 5.74) is 1.31. The quantitative estimate of drug-likeness (QED) is 0.677. The minimum absolute atomic E-state index is 0.529. The monoisotopic (exact) mass is 224 g/mol. The summed E-state index contributed by atoms with van der Waals surface area (Å²) in [5.74, 6) is 2.75. The summed E-state index contributed by atoms with van der Waals surface area (Å²) >= 11 is 1.87. The molecule has 1 rings (SSSR count). The van der Waals surface area contributed by atoms with Crippen LogP contribution in [-0.2, 0) is 0 Å². The van der Waals surface area contributed by atoms with E-state index in [0.717, 1.165) is 18.8 Å². The maximum Gasteiger partial charge on any atom is 0.122 e. The van der Waals surface area contributed by atoms with Crippen molar-refractivity contribution < 1.29 is 4.74 Å². The zero-order valence-electron chi connectivity index (χ0n) is 9.82. The molecule has 1 aromatic carbocycles. The molecule has 0 amide bonds. The van der Waals surface area contributed by atoms with E-state index >= 15 is 0 Å². The van der Waals surface area contributed by atoms with Crippen molar-refractivity contribution in [2.75, 3.05) is 18.6 Å². The van der Waals surface area contributed by atoms with E-state index in [-0.39, 0.29) is 0 Å². The Bertz CT molecular complexity index is 284. The van der Waals surface area contributed by atoms with Crippen molar-refractivity contribution in [1.29, 1.82) is 0 Å². The Kier molecular flexibility index (Phi) is 5.62. The van der Waals surface area contributed by atoms with E-state index in [0.29, 0.717) is 5.92 Å². The average Bonchev–Trinajstić information content (AvgIpc) is 2.25. The van der Waals surface area contributed by atoms with Crippen molar-refractivity contribution in [3.8, 4) is 5.75 Å². The highest BCUT2D eigenvalue weighted by atomic mass is 32.2. The second-order valence-electron chi connectivity index (χ2n) is 3.89. The molecule has 0 aliphatic heterocycles. The van der Waals surface area contributed by atoms with Crippen molar-refractivity contribution in [2.24, 2.45) is 0 Å². The molecule has 0 saturated carbocycles. The second-order valence-corrected chi connectivity index (χ2v) is 4.87. The summed E-state index contributed by atoms with van der Waals surface area (Å²) in [5, 5.41) is 0. The molecule has 1 nitrogen and oxygen atoms in total. The summed E-state index contributed by atoms with van der Waals surface area (Å²) in [7, 11) is 0. The summed E-state index contributed by atoms with van der Waals surface area (Å²) < 4.78 is 5.79. The van der Waals surface area contributed by atoms with Gasteiger partial charge >= 0.3 is 0 Å². The van der Waals surface area contributed by atoms with Gasteiger partial charge < -0.3 is 4.74 Å². The number of ether oxygens (including phenoxy) is 1. The molecule has 0 aliphatic carbocycles. The van der Waals surface area contributed by atoms with E-state index in [1.165, 1.54) is 11.3 Å². The number of benzene rings is 1. The lowest BCUT2D eigenvalue weighted by Gasteiger charge is -2.13. The van der Waals surface area contributed by atoms with Gasteiger partial charge in [0, 0.05) is 0 Å². The number of hydrogen-bond donors (Lipinski definition) is 0. The van der Waals surface area contributed by atoms with E-state index in [4.69, 9.17) is 4.74 Å². The topological polar surface area (TPSA) is 9.23 Å². The molecule has 84 valence electrons. The Balaban J connectivity index is 2.52. The fourth-order valence-electron chi connectivity index (χ4n) is 1.47. The highest BCUT2D eigenvalue weighted by molar-refractivity contribution is 7.98. The maximum absolute atomic E-state index is 5.79. The molecule has 0 aliphatic rings. The zero-order chi connectivity index (χ0) is 11.1. The van der Waals surface area contributed by atoms with Crippen molar-refractivity contribution in [2.45, 2.75) is 26.2 Å². The van der Waals surface area contributed by atoms with Crippen molar-refractivity contribution >= 4 is 11.8 Å². The molecule has 0 heterocycles. The van der Waals surface area contributed by atoms with E-state index in [2.05, 4.69) is 38.3 Å². The van der Waals surface area contributed by atoms with Crippen LogP contribution in [0.25, 0.3) is 0 Å². The van der Waals surface area contributed by atoms with Crippen LogP contribution in [0.5, 0.6) is 5.75 Å². The second kappa shape index (κ2) is 6.78. The van der Waals surface area contributed by atoms with Gasteiger partial charge in [-0.05, 0) is 36.0 Å². The summed E-state index contributed by atoms with van der Waals surface area (Å²) in [6, 6.07) is 8.32. The molecule has 0 atom stereocenters. The molecule has 0 fully saturated rings. The molecule has 0 saturated heterocycles. The molecule has 0 unspecified atom stereocenters. The highest BCUT2D eigenvalue weighted by Crippen LogP contribution is 2.25. The van der Waals surface area contributed by atoms with Crippen LogP contribution in [0.15, 0.2) is 24.3 Å². The average molecular weight is 224 g/mol. The Morgan fingerprint density at radius 3 is 2.67 bits per heavy atom. The van der Waals surface area contributed by atoms with Gasteiger partial charge in [0.15, 0.2) is 0 Å². The first kappa shape index (κ1) is 12.4. The van der Waals surface area contributed by atoms with Crippen LogP contribution in [0.1, 0.15) is 31.7 Å². The van der Waals surface area contributed by atoms with Crippen LogP contribution in [-0.4, -0.2) is 18.6 Å². The first-order valence-electron chi connectivity index (χ1n) is 5.46. The smallest absolute Gasteiger partial charge is 0.122 e. The van der Waals surface area contributed by atoms with Gasteiger partial charge in [0.1, 0.15) is 5.75 Å². The first-order chi connectivity index (χ1) is 7.25. The first-order valence-corrected chi connectivity index (χ1v) is 6.85.